The summed E-state index contributed by atoms with van der Waals surface area (Å²) in [7, 11) is -3.32. The summed E-state index contributed by atoms with van der Waals surface area (Å²) < 4.78 is 29.9. The smallest absolute Gasteiger partial charge is 0.271 e. The first kappa shape index (κ1) is 21.1. The zero-order chi connectivity index (χ0) is 21.5. The lowest BCUT2D eigenvalue weighted by Gasteiger charge is -2.27. The van der Waals surface area contributed by atoms with Gasteiger partial charge in [-0.2, -0.15) is 4.31 Å². The van der Waals surface area contributed by atoms with E-state index in [0.717, 1.165) is 29.9 Å². The molecule has 3 heterocycles. The maximum absolute atomic E-state index is 13.0. The van der Waals surface area contributed by atoms with Crippen molar-refractivity contribution in [3.63, 3.8) is 0 Å². The van der Waals surface area contributed by atoms with Crippen molar-refractivity contribution in [1.29, 1.82) is 0 Å². The Hall–Kier alpha value is -2.19. The third-order valence-corrected chi connectivity index (χ3v) is 8.06. The zero-order valence-corrected chi connectivity index (χ0v) is 18.7. The summed E-state index contributed by atoms with van der Waals surface area (Å²) in [4.78, 5) is 17.7. The first-order valence-corrected chi connectivity index (χ1v) is 12.4. The molecule has 1 amide bonds. The highest BCUT2D eigenvalue weighted by molar-refractivity contribution is 7.89. The zero-order valence-electron chi connectivity index (χ0n) is 17.8. The summed E-state index contributed by atoms with van der Waals surface area (Å²) in [5, 5.41) is 2.95. The van der Waals surface area contributed by atoms with E-state index >= 15 is 0 Å². The van der Waals surface area contributed by atoms with Gasteiger partial charge in [-0.25, -0.2) is 13.4 Å². The highest BCUT2D eigenvalue weighted by Crippen LogP contribution is 2.37. The van der Waals surface area contributed by atoms with Crippen LogP contribution in [0.15, 0.2) is 30.3 Å². The molecule has 2 aliphatic heterocycles. The summed E-state index contributed by atoms with van der Waals surface area (Å²) >= 11 is 0. The van der Waals surface area contributed by atoms with Gasteiger partial charge < -0.3 is 9.88 Å². The normalized spacial score (nSPS) is 21.5. The quantitative estimate of drug-likeness (QED) is 0.764. The van der Waals surface area contributed by atoms with Crippen LogP contribution in [0.1, 0.15) is 56.2 Å². The predicted molar refractivity (Wildman–Crippen MR) is 117 cm³/mol. The maximum Gasteiger partial charge on any atom is 0.271 e. The second-order valence-electron chi connectivity index (χ2n) is 8.57. The van der Waals surface area contributed by atoms with E-state index in [1.54, 1.807) is 4.31 Å². The highest BCUT2D eigenvalue weighted by atomic mass is 32.2. The number of nitrogens with zero attached hydrogens (tertiary/aromatic N) is 3. The Morgan fingerprint density at radius 1 is 1.20 bits per heavy atom. The van der Waals surface area contributed by atoms with Crippen molar-refractivity contribution in [2.75, 3.05) is 5.75 Å². The Bertz CT molecular complexity index is 1030. The Morgan fingerprint density at radius 3 is 2.57 bits per heavy atom. The Morgan fingerprint density at radius 2 is 1.90 bits per heavy atom. The van der Waals surface area contributed by atoms with Crippen LogP contribution in [0.3, 0.4) is 0 Å². The molecule has 30 heavy (non-hydrogen) atoms. The number of fused-ring (bicyclic) bond motifs is 3. The fourth-order valence-electron chi connectivity index (χ4n) is 4.76. The number of benzene rings is 1. The van der Waals surface area contributed by atoms with Gasteiger partial charge in [0.15, 0.2) is 0 Å². The number of nitrogens with one attached hydrogen (secondary N) is 1. The highest BCUT2D eigenvalue weighted by Gasteiger charge is 2.45. The minimum absolute atomic E-state index is 0.00122. The SMILES string of the molecule is CCCS(=O)(=O)N1[C@@H]2CC[C@H]1Cc1c(C(=O)NC(C)C)nc(-c3ccccc3)n1C2. The molecule has 4 rings (SSSR count). The number of imidazole rings is 1. The maximum atomic E-state index is 13.0. The number of hydrogen-bond acceptors (Lipinski definition) is 4. The van der Waals surface area contributed by atoms with E-state index in [0.29, 0.717) is 25.1 Å². The summed E-state index contributed by atoms with van der Waals surface area (Å²) in [6, 6.07) is 9.60. The molecule has 0 spiro atoms. The second kappa shape index (κ2) is 8.15. The number of carbonyl (C=O) groups excluding carboxylic acids is 1. The molecule has 8 heteroatoms. The average Bonchev–Trinajstić information content (AvgIpc) is 3.19. The van der Waals surface area contributed by atoms with Crippen molar-refractivity contribution in [2.45, 2.75) is 71.1 Å². The van der Waals surface area contributed by atoms with Crippen LogP contribution in [-0.2, 0) is 23.0 Å². The van der Waals surface area contributed by atoms with Crippen LogP contribution < -0.4 is 5.32 Å². The summed E-state index contributed by atoms with van der Waals surface area (Å²) in [6.07, 6.45) is 2.78. The number of amides is 1. The molecule has 1 aromatic carbocycles. The van der Waals surface area contributed by atoms with Gasteiger partial charge in [0.25, 0.3) is 5.91 Å². The van der Waals surface area contributed by atoms with Crippen LogP contribution >= 0.6 is 0 Å². The number of hydrogen-bond donors (Lipinski definition) is 1. The number of sulfonamides is 1. The van der Waals surface area contributed by atoms with Crippen LogP contribution in [0.2, 0.25) is 0 Å². The molecule has 2 aromatic rings. The largest absolute Gasteiger partial charge is 0.348 e. The standard InChI is InChI=1S/C22H30N4O3S/c1-4-12-30(28,29)26-17-10-11-18(26)14-25-19(13-17)20(22(27)23-15(2)3)24-21(25)16-8-6-5-7-9-16/h5-9,15,17-18H,4,10-14H2,1-3H3,(H,23,27)/t17-,18+/m0/s1. The van der Waals surface area contributed by atoms with Gasteiger partial charge in [0, 0.05) is 36.7 Å². The van der Waals surface area contributed by atoms with Gasteiger partial charge in [-0.05, 0) is 33.1 Å². The number of rotatable bonds is 6. The molecule has 7 nitrogen and oxygen atoms in total. The third kappa shape index (κ3) is 3.78. The van der Waals surface area contributed by atoms with Gasteiger partial charge in [-0.1, -0.05) is 37.3 Å². The average molecular weight is 431 g/mol. The molecule has 1 aromatic heterocycles. The molecule has 1 fully saturated rings. The molecular weight excluding hydrogens is 400 g/mol. The van der Waals surface area contributed by atoms with Gasteiger partial charge in [0.2, 0.25) is 10.0 Å². The lowest BCUT2D eigenvalue weighted by Crippen LogP contribution is -2.43. The molecule has 1 saturated heterocycles. The number of aromatic nitrogens is 2. The molecule has 0 radical (unpaired) electrons. The first-order valence-electron chi connectivity index (χ1n) is 10.8. The van der Waals surface area contributed by atoms with Crippen LogP contribution in [-0.4, -0.2) is 52.1 Å². The van der Waals surface area contributed by atoms with Crippen molar-refractivity contribution < 1.29 is 13.2 Å². The molecule has 162 valence electrons. The fourth-order valence-corrected chi connectivity index (χ4v) is 6.75. The second-order valence-corrected chi connectivity index (χ2v) is 10.6. The monoisotopic (exact) mass is 430 g/mol. The molecule has 0 aliphatic carbocycles. The minimum atomic E-state index is -3.32. The van der Waals surface area contributed by atoms with Gasteiger partial charge >= 0.3 is 0 Å². The predicted octanol–water partition coefficient (Wildman–Crippen LogP) is 2.82. The number of carbonyl (C=O) groups is 1. The summed E-state index contributed by atoms with van der Waals surface area (Å²) in [5.74, 6) is 0.705. The van der Waals surface area contributed by atoms with Crippen molar-refractivity contribution in [1.82, 2.24) is 19.2 Å². The Labute approximate surface area is 178 Å². The molecular formula is C22H30N4O3S. The van der Waals surface area contributed by atoms with E-state index in [4.69, 9.17) is 4.98 Å². The van der Waals surface area contributed by atoms with Crippen LogP contribution in [0.5, 0.6) is 0 Å². The van der Waals surface area contributed by atoms with Crippen LogP contribution in [0, 0.1) is 0 Å². The van der Waals surface area contributed by atoms with Crippen molar-refractivity contribution >= 4 is 15.9 Å². The Kier molecular flexibility index (Phi) is 5.72. The molecule has 2 aliphatic rings. The van der Waals surface area contributed by atoms with E-state index in [1.165, 1.54) is 0 Å². The molecule has 0 saturated carbocycles. The van der Waals surface area contributed by atoms with Gasteiger partial charge in [0.1, 0.15) is 11.5 Å². The lowest BCUT2D eigenvalue weighted by atomic mass is 10.1. The van der Waals surface area contributed by atoms with Crippen molar-refractivity contribution in [2.24, 2.45) is 0 Å². The minimum Gasteiger partial charge on any atom is -0.348 e. The van der Waals surface area contributed by atoms with Gasteiger partial charge in [-0.3, -0.25) is 4.79 Å². The van der Waals surface area contributed by atoms with E-state index in [2.05, 4.69) is 9.88 Å². The van der Waals surface area contributed by atoms with Gasteiger partial charge in [-0.15, -0.1) is 0 Å². The van der Waals surface area contributed by atoms with Crippen LogP contribution in [0.4, 0.5) is 0 Å². The fraction of sp³-hybridized carbons (Fsp3) is 0.545. The summed E-state index contributed by atoms with van der Waals surface area (Å²) in [6.45, 7) is 6.27. The topological polar surface area (TPSA) is 84.3 Å². The van der Waals surface area contributed by atoms with E-state index in [-0.39, 0.29) is 29.8 Å². The van der Waals surface area contributed by atoms with Gasteiger partial charge in [0.05, 0.1) is 11.4 Å². The molecule has 0 unspecified atom stereocenters. The Balaban J connectivity index is 1.81. The lowest BCUT2D eigenvalue weighted by molar-refractivity contribution is 0.0937. The van der Waals surface area contributed by atoms with Crippen molar-refractivity contribution in [3.05, 3.63) is 41.7 Å². The molecule has 2 atom stereocenters. The third-order valence-electron chi connectivity index (χ3n) is 5.90. The van der Waals surface area contributed by atoms with Crippen LogP contribution in [0.25, 0.3) is 11.4 Å². The van der Waals surface area contributed by atoms with E-state index in [9.17, 15) is 13.2 Å². The first-order chi connectivity index (χ1) is 14.3. The van der Waals surface area contributed by atoms with Crippen molar-refractivity contribution in [3.8, 4) is 11.4 Å². The van der Waals surface area contributed by atoms with E-state index < -0.39 is 10.0 Å². The molecule has 2 bridgehead atoms. The van der Waals surface area contributed by atoms with E-state index in [1.807, 2.05) is 51.1 Å². The molecule has 1 N–H and O–H groups in total. The summed E-state index contributed by atoms with van der Waals surface area (Å²) in [5.41, 5.74) is 2.20.